The lowest BCUT2D eigenvalue weighted by Gasteiger charge is -2.24. The first-order chi connectivity index (χ1) is 15.5. The minimum Gasteiger partial charge on any atom is -0.484 e. The third-order valence-corrected chi connectivity index (χ3v) is 8.18. The molecule has 0 N–H and O–H groups in total. The van der Waals surface area contributed by atoms with Crippen molar-refractivity contribution in [2.24, 2.45) is 0 Å². The standard InChI is InChI=1S/C22H27ClN4O3S2/c1-25(21(29)19-20(23)24-22(32-19)26-10-3-4-11-26)15-9-12-27(13-15)18(28)14-30-16-5-7-17(31-2)8-6-16/h5-8,15H,3-4,9-14H2,1-2H3. The summed E-state index contributed by atoms with van der Waals surface area (Å²) in [6.07, 6.45) is 5.02. The summed E-state index contributed by atoms with van der Waals surface area (Å²) in [4.78, 5) is 37.4. The monoisotopic (exact) mass is 494 g/mol. The Morgan fingerprint density at radius 1 is 1.25 bits per heavy atom. The number of carbonyl (C=O) groups is 2. The number of ether oxygens (including phenoxy) is 1. The molecule has 32 heavy (non-hydrogen) atoms. The average molecular weight is 495 g/mol. The molecule has 1 unspecified atom stereocenters. The maximum absolute atomic E-state index is 13.1. The van der Waals surface area contributed by atoms with Crippen LogP contribution in [0.25, 0.3) is 0 Å². The van der Waals surface area contributed by atoms with Crippen LogP contribution >= 0.6 is 34.7 Å². The fourth-order valence-electron chi connectivity index (χ4n) is 3.99. The summed E-state index contributed by atoms with van der Waals surface area (Å²) in [5.41, 5.74) is 0. The van der Waals surface area contributed by atoms with Crippen LogP contribution in [-0.2, 0) is 4.79 Å². The van der Waals surface area contributed by atoms with Crippen LogP contribution in [0, 0.1) is 0 Å². The number of benzene rings is 1. The van der Waals surface area contributed by atoms with E-state index in [4.69, 9.17) is 16.3 Å². The van der Waals surface area contributed by atoms with Crippen LogP contribution in [0.1, 0.15) is 28.9 Å². The molecule has 2 saturated heterocycles. The van der Waals surface area contributed by atoms with Crippen LogP contribution in [0.4, 0.5) is 5.13 Å². The Labute approximate surface area is 201 Å². The Morgan fingerprint density at radius 3 is 2.66 bits per heavy atom. The number of likely N-dealkylation sites (tertiary alicyclic amines) is 1. The number of thiazole rings is 1. The summed E-state index contributed by atoms with van der Waals surface area (Å²) in [6.45, 7) is 2.99. The molecule has 172 valence electrons. The van der Waals surface area contributed by atoms with Crippen molar-refractivity contribution < 1.29 is 14.3 Å². The molecule has 1 aromatic heterocycles. The molecule has 1 atom stereocenters. The Bertz CT molecular complexity index is 963. The minimum absolute atomic E-state index is 0.0110. The van der Waals surface area contributed by atoms with E-state index in [1.807, 2.05) is 30.5 Å². The average Bonchev–Trinajstić information content (AvgIpc) is 3.57. The van der Waals surface area contributed by atoms with Gasteiger partial charge in [-0.15, -0.1) is 11.8 Å². The van der Waals surface area contributed by atoms with Crippen molar-refractivity contribution in [3.05, 3.63) is 34.3 Å². The van der Waals surface area contributed by atoms with Gasteiger partial charge >= 0.3 is 0 Å². The Hall–Kier alpha value is -1.97. The van der Waals surface area contributed by atoms with Crippen molar-refractivity contribution in [1.29, 1.82) is 0 Å². The summed E-state index contributed by atoms with van der Waals surface area (Å²) in [6, 6.07) is 7.62. The van der Waals surface area contributed by atoms with Gasteiger partial charge in [0.25, 0.3) is 11.8 Å². The van der Waals surface area contributed by atoms with Gasteiger partial charge in [0.05, 0.1) is 6.04 Å². The van der Waals surface area contributed by atoms with Crippen molar-refractivity contribution in [2.75, 3.05) is 51.0 Å². The van der Waals surface area contributed by atoms with Gasteiger partial charge in [0.1, 0.15) is 10.6 Å². The number of hydrogen-bond acceptors (Lipinski definition) is 7. The summed E-state index contributed by atoms with van der Waals surface area (Å²) in [5, 5.41) is 1.08. The van der Waals surface area contributed by atoms with Crippen molar-refractivity contribution in [2.45, 2.75) is 30.2 Å². The number of rotatable bonds is 7. The molecular formula is C22H27ClN4O3S2. The van der Waals surface area contributed by atoms with Crippen molar-refractivity contribution in [3.63, 3.8) is 0 Å². The van der Waals surface area contributed by atoms with Gasteiger partial charge in [-0.2, -0.15) is 0 Å². The number of halogens is 1. The van der Waals surface area contributed by atoms with Gasteiger partial charge in [0.15, 0.2) is 16.9 Å². The van der Waals surface area contributed by atoms with Gasteiger partial charge in [-0.3, -0.25) is 9.59 Å². The highest BCUT2D eigenvalue weighted by Gasteiger charge is 2.33. The lowest BCUT2D eigenvalue weighted by atomic mass is 10.2. The molecule has 2 amide bonds. The third-order valence-electron chi connectivity index (χ3n) is 5.95. The number of amides is 2. The highest BCUT2D eigenvalue weighted by molar-refractivity contribution is 7.98. The number of hydrogen-bond donors (Lipinski definition) is 0. The Kier molecular flexibility index (Phi) is 7.48. The van der Waals surface area contributed by atoms with E-state index in [1.165, 1.54) is 11.3 Å². The normalized spacial score (nSPS) is 18.3. The number of nitrogens with zero attached hydrogens (tertiary/aromatic N) is 4. The van der Waals surface area contributed by atoms with Crippen molar-refractivity contribution in [3.8, 4) is 5.75 Å². The number of thioether (sulfide) groups is 1. The smallest absolute Gasteiger partial charge is 0.267 e. The molecule has 0 radical (unpaired) electrons. The topological polar surface area (TPSA) is 66.0 Å². The van der Waals surface area contributed by atoms with Gasteiger partial charge in [-0.05, 0) is 49.8 Å². The molecule has 2 fully saturated rings. The van der Waals surface area contributed by atoms with Gasteiger partial charge in [0.2, 0.25) is 0 Å². The lowest BCUT2D eigenvalue weighted by Crippen LogP contribution is -2.40. The van der Waals surface area contributed by atoms with Crippen LogP contribution in [0.5, 0.6) is 5.75 Å². The molecule has 0 aliphatic carbocycles. The highest BCUT2D eigenvalue weighted by Crippen LogP contribution is 2.33. The SMILES string of the molecule is CSc1ccc(OCC(=O)N2CCC(N(C)C(=O)c3sc(N4CCCC4)nc3Cl)C2)cc1. The first-order valence-corrected chi connectivity index (χ1v) is 13.1. The first kappa shape index (κ1) is 23.2. The van der Waals surface area contributed by atoms with Crippen LogP contribution in [-0.4, -0.2) is 78.7 Å². The predicted octanol–water partition coefficient (Wildman–Crippen LogP) is 3.87. The predicted molar refractivity (Wildman–Crippen MR) is 129 cm³/mol. The summed E-state index contributed by atoms with van der Waals surface area (Å²) >= 11 is 9.32. The zero-order valence-corrected chi connectivity index (χ0v) is 20.6. The largest absolute Gasteiger partial charge is 0.484 e. The number of anilines is 1. The number of likely N-dealkylation sites (N-methyl/N-ethyl adjacent to an activating group) is 1. The van der Waals surface area contributed by atoms with Gasteiger partial charge in [-0.1, -0.05) is 22.9 Å². The fraction of sp³-hybridized carbons (Fsp3) is 0.500. The first-order valence-electron chi connectivity index (χ1n) is 10.7. The molecule has 7 nitrogen and oxygen atoms in total. The molecule has 0 bridgehead atoms. The molecule has 0 spiro atoms. The van der Waals surface area contributed by atoms with E-state index in [9.17, 15) is 9.59 Å². The van der Waals surface area contributed by atoms with Gasteiger partial charge in [0, 0.05) is 38.1 Å². The lowest BCUT2D eigenvalue weighted by molar-refractivity contribution is -0.132. The van der Waals surface area contributed by atoms with Crippen LogP contribution in [0.2, 0.25) is 5.15 Å². The van der Waals surface area contributed by atoms with Crippen molar-refractivity contribution >= 4 is 51.6 Å². The minimum atomic E-state index is -0.137. The van der Waals surface area contributed by atoms with E-state index >= 15 is 0 Å². The molecule has 4 rings (SSSR count). The maximum Gasteiger partial charge on any atom is 0.267 e. The number of carbonyl (C=O) groups excluding carboxylic acids is 2. The molecule has 2 aromatic rings. The Morgan fingerprint density at radius 2 is 1.97 bits per heavy atom. The molecule has 2 aliphatic rings. The van der Waals surface area contributed by atoms with E-state index < -0.39 is 0 Å². The van der Waals surface area contributed by atoms with E-state index in [0.717, 1.165) is 42.4 Å². The molecule has 10 heteroatoms. The van der Waals surface area contributed by atoms with Gasteiger partial charge in [-0.25, -0.2) is 4.98 Å². The summed E-state index contributed by atoms with van der Waals surface area (Å²) in [7, 11) is 1.77. The molecule has 2 aliphatic heterocycles. The van der Waals surface area contributed by atoms with Crippen LogP contribution in [0.15, 0.2) is 29.2 Å². The quantitative estimate of drug-likeness (QED) is 0.544. The zero-order valence-electron chi connectivity index (χ0n) is 18.3. The summed E-state index contributed by atoms with van der Waals surface area (Å²) < 4.78 is 5.65. The molecule has 3 heterocycles. The van der Waals surface area contributed by atoms with Crippen LogP contribution in [0.3, 0.4) is 0 Å². The van der Waals surface area contributed by atoms with E-state index in [1.54, 1.807) is 28.6 Å². The van der Waals surface area contributed by atoms with E-state index in [-0.39, 0.29) is 29.6 Å². The second-order valence-electron chi connectivity index (χ2n) is 7.97. The van der Waals surface area contributed by atoms with Crippen molar-refractivity contribution in [1.82, 2.24) is 14.8 Å². The Balaban J connectivity index is 1.31. The fourth-order valence-corrected chi connectivity index (χ4v) is 5.71. The van der Waals surface area contributed by atoms with E-state index in [2.05, 4.69) is 9.88 Å². The van der Waals surface area contributed by atoms with Crippen LogP contribution < -0.4 is 9.64 Å². The molecule has 0 saturated carbocycles. The van der Waals surface area contributed by atoms with E-state index in [0.29, 0.717) is 23.7 Å². The maximum atomic E-state index is 13.1. The third kappa shape index (κ3) is 5.15. The van der Waals surface area contributed by atoms with Gasteiger partial charge < -0.3 is 19.4 Å². The second-order valence-corrected chi connectivity index (χ2v) is 10.2. The summed E-state index contributed by atoms with van der Waals surface area (Å²) in [5.74, 6) is 0.463. The molecular weight excluding hydrogens is 468 g/mol. The number of aromatic nitrogens is 1. The highest BCUT2D eigenvalue weighted by atomic mass is 35.5. The molecule has 1 aromatic carbocycles. The second kappa shape index (κ2) is 10.3. The zero-order chi connectivity index (χ0) is 22.7.